The predicted octanol–water partition coefficient (Wildman–Crippen LogP) is 2.52. The second-order valence-corrected chi connectivity index (χ2v) is 5.98. The third kappa shape index (κ3) is 2.03. The van der Waals surface area contributed by atoms with Crippen LogP contribution < -0.4 is 5.32 Å². The minimum absolute atomic E-state index is 0.0470. The zero-order valence-electron chi connectivity index (χ0n) is 10.1. The van der Waals surface area contributed by atoms with Crippen molar-refractivity contribution in [1.29, 1.82) is 0 Å². The number of carbonyl (C=O) groups is 2. The summed E-state index contributed by atoms with van der Waals surface area (Å²) in [6.07, 6.45) is 3.32. The van der Waals surface area contributed by atoms with E-state index in [4.69, 9.17) is 0 Å². The average Bonchev–Trinajstić information content (AvgIpc) is 2.81. The van der Waals surface area contributed by atoms with Gasteiger partial charge in [0.1, 0.15) is 4.88 Å². The Hall–Kier alpha value is -1.36. The third-order valence-corrected chi connectivity index (χ3v) is 4.80. The summed E-state index contributed by atoms with van der Waals surface area (Å²) in [7, 11) is 1.35. The number of esters is 1. The van der Waals surface area contributed by atoms with Crippen molar-refractivity contribution in [3.8, 4) is 0 Å². The Balaban J connectivity index is 1.67. The maximum atomic E-state index is 12.1. The van der Waals surface area contributed by atoms with E-state index in [-0.39, 0.29) is 11.8 Å². The molecule has 96 valence electrons. The minimum Gasteiger partial charge on any atom is -0.465 e. The van der Waals surface area contributed by atoms with E-state index in [0.717, 1.165) is 24.7 Å². The topological polar surface area (TPSA) is 55.4 Å². The van der Waals surface area contributed by atoms with Gasteiger partial charge < -0.3 is 10.1 Å². The summed E-state index contributed by atoms with van der Waals surface area (Å²) in [5.74, 6) is 1.34. The van der Waals surface area contributed by atoms with Gasteiger partial charge in [-0.2, -0.15) is 0 Å². The van der Waals surface area contributed by atoms with Gasteiger partial charge in [-0.1, -0.05) is 0 Å². The second kappa shape index (κ2) is 4.39. The fourth-order valence-electron chi connectivity index (χ4n) is 2.82. The molecule has 1 aromatic heterocycles. The Morgan fingerprint density at radius 1 is 1.33 bits per heavy atom. The Labute approximate surface area is 109 Å². The zero-order valence-corrected chi connectivity index (χ0v) is 11.0. The van der Waals surface area contributed by atoms with Gasteiger partial charge in [0.05, 0.1) is 12.8 Å². The van der Waals surface area contributed by atoms with Gasteiger partial charge in [0, 0.05) is 5.92 Å². The number of rotatable bonds is 3. The molecule has 1 heterocycles. The van der Waals surface area contributed by atoms with Crippen molar-refractivity contribution >= 4 is 28.9 Å². The highest BCUT2D eigenvalue weighted by Crippen LogP contribution is 2.54. The summed E-state index contributed by atoms with van der Waals surface area (Å²) in [4.78, 5) is 24.0. The first-order valence-corrected chi connectivity index (χ1v) is 7.03. The number of hydrogen-bond donors (Lipinski definition) is 1. The Bertz CT molecular complexity index is 486. The Kier molecular flexibility index (Phi) is 2.86. The van der Waals surface area contributed by atoms with Crippen LogP contribution in [0.1, 0.15) is 28.9 Å². The number of hydrogen-bond acceptors (Lipinski definition) is 4. The fourth-order valence-corrected chi connectivity index (χ4v) is 3.59. The molecule has 0 bridgehead atoms. The fraction of sp³-hybridized carbons (Fsp3) is 0.538. The normalized spacial score (nSPS) is 28.6. The van der Waals surface area contributed by atoms with Crippen LogP contribution in [0.25, 0.3) is 0 Å². The van der Waals surface area contributed by atoms with E-state index in [1.54, 1.807) is 11.4 Å². The van der Waals surface area contributed by atoms with Crippen LogP contribution in [-0.2, 0) is 9.53 Å². The molecule has 5 heteroatoms. The van der Waals surface area contributed by atoms with Gasteiger partial charge >= 0.3 is 5.97 Å². The van der Waals surface area contributed by atoms with Crippen LogP contribution in [0.2, 0.25) is 0 Å². The van der Waals surface area contributed by atoms with E-state index in [2.05, 4.69) is 10.1 Å². The van der Waals surface area contributed by atoms with Crippen molar-refractivity contribution in [1.82, 2.24) is 0 Å². The molecule has 0 aromatic carbocycles. The first kappa shape index (κ1) is 11.7. The van der Waals surface area contributed by atoms with Crippen LogP contribution in [0.5, 0.6) is 0 Å². The maximum absolute atomic E-state index is 12.1. The van der Waals surface area contributed by atoms with Gasteiger partial charge in [0.2, 0.25) is 5.91 Å². The van der Waals surface area contributed by atoms with Crippen LogP contribution in [0.4, 0.5) is 5.69 Å². The molecule has 0 saturated heterocycles. The number of thiophene rings is 1. The van der Waals surface area contributed by atoms with E-state index >= 15 is 0 Å². The van der Waals surface area contributed by atoms with Crippen molar-refractivity contribution in [3.63, 3.8) is 0 Å². The average molecular weight is 265 g/mol. The van der Waals surface area contributed by atoms with Gasteiger partial charge in [0.15, 0.2) is 0 Å². The third-order valence-electron chi connectivity index (χ3n) is 3.91. The van der Waals surface area contributed by atoms with Crippen LogP contribution in [-0.4, -0.2) is 19.0 Å². The lowest BCUT2D eigenvalue weighted by Crippen LogP contribution is -2.22. The number of fused-ring (bicyclic) bond motifs is 1. The highest BCUT2D eigenvalue weighted by molar-refractivity contribution is 7.12. The van der Waals surface area contributed by atoms with E-state index in [0.29, 0.717) is 10.6 Å². The van der Waals surface area contributed by atoms with E-state index < -0.39 is 5.97 Å². The Morgan fingerprint density at radius 2 is 2.06 bits per heavy atom. The molecule has 1 aromatic rings. The summed E-state index contributed by atoms with van der Waals surface area (Å²) in [6.45, 7) is 0. The zero-order chi connectivity index (χ0) is 12.7. The molecule has 1 N–H and O–H groups in total. The lowest BCUT2D eigenvalue weighted by Gasteiger charge is -2.12. The predicted molar refractivity (Wildman–Crippen MR) is 68.6 cm³/mol. The molecule has 0 radical (unpaired) electrons. The molecule has 3 rings (SSSR count). The summed E-state index contributed by atoms with van der Waals surface area (Å²) >= 11 is 1.29. The smallest absolute Gasteiger partial charge is 0.350 e. The van der Waals surface area contributed by atoms with Crippen LogP contribution in [0.3, 0.4) is 0 Å². The number of nitrogens with one attached hydrogen (secondary N) is 1. The highest BCUT2D eigenvalue weighted by atomic mass is 32.1. The first-order chi connectivity index (χ1) is 8.69. The van der Waals surface area contributed by atoms with E-state index in [1.165, 1.54) is 24.9 Å². The van der Waals surface area contributed by atoms with Gasteiger partial charge in [-0.25, -0.2) is 4.79 Å². The molecule has 2 aliphatic carbocycles. The monoisotopic (exact) mass is 265 g/mol. The van der Waals surface area contributed by atoms with Gasteiger partial charge in [-0.3, -0.25) is 4.79 Å². The molecule has 4 nitrogen and oxygen atoms in total. The summed E-state index contributed by atoms with van der Waals surface area (Å²) in [5.41, 5.74) is 0.581. The van der Waals surface area contributed by atoms with E-state index in [9.17, 15) is 9.59 Å². The molecule has 2 fully saturated rings. The standard InChI is InChI=1S/C13H15NO3S/c1-17-13(16)11-10(2-3-18-11)14-12(15)9-5-7-4-8(7)6-9/h2-3,7-9H,4-6H2,1H3,(H,14,15). The van der Waals surface area contributed by atoms with Crippen molar-refractivity contribution in [3.05, 3.63) is 16.3 Å². The molecular weight excluding hydrogens is 250 g/mol. The van der Waals surface area contributed by atoms with Gasteiger partial charge in [0.25, 0.3) is 0 Å². The van der Waals surface area contributed by atoms with E-state index in [1.807, 2.05) is 0 Å². The SMILES string of the molecule is COC(=O)c1sccc1NC(=O)C1CC2CC2C1. The summed E-state index contributed by atoms with van der Waals surface area (Å²) in [6, 6.07) is 1.75. The quantitative estimate of drug-likeness (QED) is 0.854. The number of carbonyl (C=O) groups excluding carboxylic acids is 2. The summed E-state index contributed by atoms with van der Waals surface area (Å²) < 4.78 is 4.69. The largest absolute Gasteiger partial charge is 0.465 e. The molecule has 0 spiro atoms. The molecule has 2 atom stereocenters. The molecule has 0 aliphatic heterocycles. The second-order valence-electron chi connectivity index (χ2n) is 5.07. The van der Waals surface area contributed by atoms with Crippen molar-refractivity contribution in [2.24, 2.45) is 17.8 Å². The van der Waals surface area contributed by atoms with Crippen molar-refractivity contribution in [2.75, 3.05) is 12.4 Å². The molecule has 1 amide bonds. The molecular formula is C13H15NO3S. The van der Waals surface area contributed by atoms with Crippen LogP contribution in [0, 0.1) is 17.8 Å². The number of amides is 1. The molecule has 18 heavy (non-hydrogen) atoms. The first-order valence-electron chi connectivity index (χ1n) is 6.15. The van der Waals surface area contributed by atoms with Crippen molar-refractivity contribution < 1.29 is 14.3 Å². The molecule has 2 unspecified atom stereocenters. The minimum atomic E-state index is -0.394. The lowest BCUT2D eigenvalue weighted by atomic mass is 10.0. The number of anilines is 1. The number of methoxy groups -OCH3 is 1. The molecule has 2 saturated carbocycles. The Morgan fingerprint density at radius 3 is 2.72 bits per heavy atom. The molecule has 2 aliphatic rings. The van der Waals surface area contributed by atoms with Gasteiger partial charge in [-0.05, 0) is 42.5 Å². The maximum Gasteiger partial charge on any atom is 0.350 e. The van der Waals surface area contributed by atoms with Crippen LogP contribution in [0.15, 0.2) is 11.4 Å². The van der Waals surface area contributed by atoms with Crippen molar-refractivity contribution in [2.45, 2.75) is 19.3 Å². The number of ether oxygens (including phenoxy) is 1. The van der Waals surface area contributed by atoms with Crippen LogP contribution >= 0.6 is 11.3 Å². The van der Waals surface area contributed by atoms with Gasteiger partial charge in [-0.15, -0.1) is 11.3 Å². The lowest BCUT2D eigenvalue weighted by molar-refractivity contribution is -0.120. The highest BCUT2D eigenvalue weighted by Gasteiger charge is 2.48. The summed E-state index contributed by atoms with van der Waals surface area (Å²) in [5, 5.41) is 4.65.